The van der Waals surface area contributed by atoms with E-state index in [-0.39, 0.29) is 0 Å². The first-order valence-electron chi connectivity index (χ1n) is 6.28. The predicted molar refractivity (Wildman–Crippen MR) is 70.1 cm³/mol. The van der Waals surface area contributed by atoms with E-state index in [4.69, 9.17) is 4.74 Å². The van der Waals surface area contributed by atoms with Crippen LogP contribution in [0.1, 0.15) is 45.1 Å². The van der Waals surface area contributed by atoms with Gasteiger partial charge in [-0.2, -0.15) is 5.26 Å². The van der Waals surface area contributed by atoms with E-state index >= 15 is 0 Å². The van der Waals surface area contributed by atoms with Gasteiger partial charge in [0.1, 0.15) is 5.75 Å². The van der Waals surface area contributed by atoms with Gasteiger partial charge < -0.3 is 4.74 Å². The van der Waals surface area contributed by atoms with Gasteiger partial charge in [0.15, 0.2) is 0 Å². The summed E-state index contributed by atoms with van der Waals surface area (Å²) in [5.74, 6) is 0.830. The summed E-state index contributed by atoms with van der Waals surface area (Å²) in [6.07, 6.45) is 3.78. The first-order valence-corrected chi connectivity index (χ1v) is 6.28. The summed E-state index contributed by atoms with van der Waals surface area (Å²) in [6, 6.07) is 10.4. The predicted octanol–water partition coefficient (Wildman–Crippen LogP) is 4.06. The van der Waals surface area contributed by atoms with E-state index in [1.54, 1.807) is 7.11 Å². The highest BCUT2D eigenvalue weighted by atomic mass is 16.5. The molecule has 1 aromatic carbocycles. The molecule has 0 radical (unpaired) electrons. The molecule has 0 aromatic heterocycles. The lowest BCUT2D eigenvalue weighted by Crippen LogP contribution is -2.24. The van der Waals surface area contributed by atoms with Gasteiger partial charge in [-0.15, -0.1) is 0 Å². The maximum Gasteiger partial charge on any atom is 0.123 e. The molecule has 0 heterocycles. The van der Waals surface area contributed by atoms with Crippen molar-refractivity contribution in [3.8, 4) is 11.8 Å². The third kappa shape index (κ3) is 2.79. The fourth-order valence-corrected chi connectivity index (χ4v) is 2.46. The molecule has 0 bridgehead atoms. The van der Waals surface area contributed by atoms with Crippen LogP contribution in [0, 0.1) is 11.3 Å². The van der Waals surface area contributed by atoms with Crippen LogP contribution in [0.5, 0.6) is 5.75 Å². The lowest BCUT2D eigenvalue weighted by Gasteiger charge is -2.28. The molecule has 0 atom stereocenters. The van der Waals surface area contributed by atoms with Gasteiger partial charge in [0.05, 0.1) is 18.6 Å². The topological polar surface area (TPSA) is 33.0 Å². The minimum atomic E-state index is -0.393. The Balaban J connectivity index is 3.25. The zero-order valence-corrected chi connectivity index (χ0v) is 11.0. The second-order valence-corrected chi connectivity index (χ2v) is 4.39. The van der Waals surface area contributed by atoms with Crippen molar-refractivity contribution in [1.29, 1.82) is 5.26 Å². The van der Waals surface area contributed by atoms with Crippen molar-refractivity contribution in [3.05, 3.63) is 29.8 Å². The van der Waals surface area contributed by atoms with Crippen LogP contribution < -0.4 is 4.74 Å². The van der Waals surface area contributed by atoms with Crippen molar-refractivity contribution in [2.45, 2.75) is 44.9 Å². The first-order chi connectivity index (χ1) is 8.24. The highest BCUT2D eigenvalue weighted by Gasteiger charge is 2.33. The molecule has 0 saturated carbocycles. The summed E-state index contributed by atoms with van der Waals surface area (Å²) in [5, 5.41) is 9.61. The Kier molecular flexibility index (Phi) is 5.03. The molecule has 1 rings (SSSR count). The molecule has 0 fully saturated rings. The summed E-state index contributed by atoms with van der Waals surface area (Å²) in [4.78, 5) is 0. The molecule has 1 aromatic rings. The van der Waals surface area contributed by atoms with Crippen LogP contribution >= 0.6 is 0 Å². The van der Waals surface area contributed by atoms with Gasteiger partial charge in [0.25, 0.3) is 0 Å². The Morgan fingerprint density at radius 2 is 1.76 bits per heavy atom. The zero-order valence-electron chi connectivity index (χ0n) is 11.0. The number of hydrogen-bond acceptors (Lipinski definition) is 2. The summed E-state index contributed by atoms with van der Waals surface area (Å²) in [5.41, 5.74) is 0.643. The highest BCUT2D eigenvalue weighted by Crippen LogP contribution is 2.38. The van der Waals surface area contributed by atoms with Gasteiger partial charge in [-0.25, -0.2) is 0 Å². The minimum absolute atomic E-state index is 0.393. The van der Waals surface area contributed by atoms with Crippen LogP contribution in [0.25, 0.3) is 0 Å². The molecular formula is C15H21NO. The molecule has 0 aliphatic rings. The maximum atomic E-state index is 9.61. The highest BCUT2D eigenvalue weighted by molar-refractivity contribution is 5.43. The number of nitrogens with zero attached hydrogens (tertiary/aromatic N) is 1. The quantitative estimate of drug-likeness (QED) is 0.739. The number of benzene rings is 1. The van der Waals surface area contributed by atoms with Crippen molar-refractivity contribution >= 4 is 0 Å². The average Bonchev–Trinajstić information content (AvgIpc) is 2.38. The molecule has 0 unspecified atom stereocenters. The Hall–Kier alpha value is -1.49. The van der Waals surface area contributed by atoms with E-state index < -0.39 is 5.41 Å². The molecular weight excluding hydrogens is 210 g/mol. The Bertz CT molecular complexity index is 386. The maximum absolute atomic E-state index is 9.61. The molecule has 2 nitrogen and oxygen atoms in total. The lowest BCUT2D eigenvalue weighted by atomic mass is 9.74. The summed E-state index contributed by atoms with van der Waals surface area (Å²) in [7, 11) is 1.67. The van der Waals surface area contributed by atoms with Gasteiger partial charge in [0.2, 0.25) is 0 Å². The Morgan fingerprint density at radius 3 is 2.24 bits per heavy atom. The Morgan fingerprint density at radius 1 is 1.18 bits per heavy atom. The SMILES string of the molecule is CCCC(C#N)(CCC)c1ccccc1OC. The second kappa shape index (κ2) is 6.30. The molecule has 0 aliphatic heterocycles. The fraction of sp³-hybridized carbons (Fsp3) is 0.533. The van der Waals surface area contributed by atoms with E-state index in [0.717, 1.165) is 37.0 Å². The normalized spacial score (nSPS) is 10.9. The zero-order chi connectivity index (χ0) is 12.7. The minimum Gasteiger partial charge on any atom is -0.496 e. The molecule has 17 heavy (non-hydrogen) atoms. The van der Waals surface area contributed by atoms with Crippen LogP contribution in [-0.4, -0.2) is 7.11 Å². The third-order valence-corrected chi connectivity index (χ3v) is 3.19. The molecule has 0 aliphatic carbocycles. The molecule has 0 spiro atoms. The van der Waals surface area contributed by atoms with Crippen LogP contribution in [0.3, 0.4) is 0 Å². The number of para-hydroxylation sites is 1. The number of ether oxygens (including phenoxy) is 1. The van der Waals surface area contributed by atoms with Crippen molar-refractivity contribution < 1.29 is 4.74 Å². The summed E-state index contributed by atoms with van der Waals surface area (Å²) < 4.78 is 5.39. The van der Waals surface area contributed by atoms with Crippen LogP contribution in [0.2, 0.25) is 0 Å². The van der Waals surface area contributed by atoms with E-state index in [2.05, 4.69) is 19.9 Å². The fourth-order valence-electron chi connectivity index (χ4n) is 2.46. The van der Waals surface area contributed by atoms with Gasteiger partial charge >= 0.3 is 0 Å². The van der Waals surface area contributed by atoms with Crippen LogP contribution in [0.4, 0.5) is 0 Å². The number of hydrogen-bond donors (Lipinski definition) is 0. The van der Waals surface area contributed by atoms with E-state index in [1.165, 1.54) is 0 Å². The van der Waals surface area contributed by atoms with Crippen molar-refractivity contribution in [2.75, 3.05) is 7.11 Å². The van der Waals surface area contributed by atoms with E-state index in [1.807, 2.05) is 24.3 Å². The van der Waals surface area contributed by atoms with Crippen LogP contribution in [-0.2, 0) is 5.41 Å². The number of nitriles is 1. The smallest absolute Gasteiger partial charge is 0.123 e. The van der Waals surface area contributed by atoms with E-state index in [0.29, 0.717) is 0 Å². The van der Waals surface area contributed by atoms with Crippen LogP contribution in [0.15, 0.2) is 24.3 Å². The van der Waals surface area contributed by atoms with Gasteiger partial charge in [-0.3, -0.25) is 0 Å². The third-order valence-electron chi connectivity index (χ3n) is 3.19. The van der Waals surface area contributed by atoms with Gasteiger partial charge in [0, 0.05) is 5.56 Å². The van der Waals surface area contributed by atoms with Crippen molar-refractivity contribution in [1.82, 2.24) is 0 Å². The monoisotopic (exact) mass is 231 g/mol. The second-order valence-electron chi connectivity index (χ2n) is 4.39. The van der Waals surface area contributed by atoms with Crippen molar-refractivity contribution in [3.63, 3.8) is 0 Å². The lowest BCUT2D eigenvalue weighted by molar-refractivity contribution is 0.381. The summed E-state index contributed by atoms with van der Waals surface area (Å²) >= 11 is 0. The average molecular weight is 231 g/mol. The molecule has 0 amide bonds. The molecule has 92 valence electrons. The van der Waals surface area contributed by atoms with Gasteiger partial charge in [-0.1, -0.05) is 44.9 Å². The molecule has 0 saturated heterocycles. The summed E-state index contributed by atoms with van der Waals surface area (Å²) in [6.45, 7) is 4.24. The number of rotatable bonds is 6. The van der Waals surface area contributed by atoms with Gasteiger partial charge in [-0.05, 0) is 18.9 Å². The first kappa shape index (κ1) is 13.6. The Labute approximate surface area is 104 Å². The molecule has 0 N–H and O–H groups in total. The molecule has 2 heteroatoms. The standard InChI is InChI=1S/C15H21NO/c1-4-10-15(12-16,11-5-2)13-8-6-7-9-14(13)17-3/h6-9H,4-5,10-11H2,1-3H3. The number of methoxy groups -OCH3 is 1. The van der Waals surface area contributed by atoms with Crippen molar-refractivity contribution in [2.24, 2.45) is 0 Å². The van der Waals surface area contributed by atoms with E-state index in [9.17, 15) is 5.26 Å². The largest absolute Gasteiger partial charge is 0.496 e.